The molecule has 0 N–H and O–H groups in total. The number of hydrogen-bond acceptors (Lipinski definition) is 0. The zero-order chi connectivity index (χ0) is 25.7. The van der Waals surface area contributed by atoms with Crippen molar-refractivity contribution in [1.82, 2.24) is 0 Å². The maximum absolute atomic E-state index is 2.81. The SMILES string of the molecule is CC(C)C1(C)C[Si](C)(C(C)C)c2ccccc2[Si](C)(C(C)C)[Si](C)(C(C)C)c2ccccc2[Si]1. The van der Waals surface area contributed by atoms with Gasteiger partial charge in [0.15, 0.2) is 0 Å². The average Bonchev–Trinajstić information content (AvgIpc) is 2.77. The molecule has 2 aromatic rings. The molecule has 0 saturated heterocycles. The predicted octanol–water partition coefficient (Wildman–Crippen LogP) is 6.73. The normalized spacial score (nSPS) is 32.2. The molecule has 0 aliphatic carbocycles. The van der Waals surface area contributed by atoms with E-state index in [0.29, 0.717) is 11.0 Å². The molecule has 1 heterocycles. The van der Waals surface area contributed by atoms with Gasteiger partial charge >= 0.3 is 0 Å². The highest BCUT2D eigenvalue weighted by molar-refractivity contribution is 7.52. The van der Waals surface area contributed by atoms with E-state index in [1.54, 1.807) is 10.4 Å². The molecule has 0 nitrogen and oxygen atoms in total. The Morgan fingerprint density at radius 3 is 1.56 bits per heavy atom. The minimum absolute atomic E-state index is 0.341. The van der Waals surface area contributed by atoms with E-state index in [9.17, 15) is 0 Å². The minimum atomic E-state index is -1.87. The van der Waals surface area contributed by atoms with Gasteiger partial charge in [0.1, 0.15) is 0 Å². The van der Waals surface area contributed by atoms with Crippen LogP contribution in [-0.4, -0.2) is 32.8 Å². The van der Waals surface area contributed by atoms with Gasteiger partial charge in [0.2, 0.25) is 0 Å². The van der Waals surface area contributed by atoms with Gasteiger partial charge in [-0.15, -0.1) is 0 Å². The maximum atomic E-state index is 2.81. The molecule has 0 fully saturated rings. The highest BCUT2D eigenvalue weighted by Crippen LogP contribution is 2.46. The smallest absolute Gasteiger partial charge is 0.0667 e. The van der Waals surface area contributed by atoms with Crippen LogP contribution in [0.15, 0.2) is 48.5 Å². The first kappa shape index (κ1) is 27.9. The lowest BCUT2D eigenvalue weighted by Gasteiger charge is -2.54. The molecule has 186 valence electrons. The van der Waals surface area contributed by atoms with Gasteiger partial charge in [-0.25, -0.2) is 0 Å². The summed E-state index contributed by atoms with van der Waals surface area (Å²) in [5.41, 5.74) is 2.19. The van der Waals surface area contributed by atoms with Gasteiger partial charge < -0.3 is 0 Å². The van der Waals surface area contributed by atoms with E-state index in [4.69, 9.17) is 0 Å². The van der Waals surface area contributed by atoms with Crippen LogP contribution in [0, 0.1) is 5.92 Å². The molecule has 1 aliphatic rings. The second kappa shape index (κ2) is 9.64. The van der Waals surface area contributed by atoms with E-state index in [0.717, 1.165) is 26.1 Å². The molecule has 4 heteroatoms. The third-order valence-electron chi connectivity index (χ3n) is 10.7. The largest absolute Gasteiger partial charge is 0.0872 e. The van der Waals surface area contributed by atoms with Gasteiger partial charge in [0.05, 0.1) is 32.8 Å². The molecule has 0 saturated carbocycles. The zero-order valence-electron chi connectivity index (χ0n) is 24.1. The Morgan fingerprint density at radius 1 is 0.647 bits per heavy atom. The van der Waals surface area contributed by atoms with E-state index in [1.807, 2.05) is 10.4 Å². The van der Waals surface area contributed by atoms with Gasteiger partial charge in [-0.05, 0) is 27.6 Å². The summed E-state index contributed by atoms with van der Waals surface area (Å²) in [5.74, 6) is 0.678. The molecule has 0 spiro atoms. The van der Waals surface area contributed by atoms with Crippen molar-refractivity contribution < 1.29 is 0 Å². The lowest BCUT2D eigenvalue weighted by Crippen LogP contribution is -2.81. The Bertz CT molecular complexity index is 1010. The summed E-state index contributed by atoms with van der Waals surface area (Å²) in [4.78, 5) is 0. The lowest BCUT2D eigenvalue weighted by atomic mass is 9.99. The van der Waals surface area contributed by atoms with Crippen molar-refractivity contribution in [3.8, 4) is 0 Å². The fraction of sp³-hybridized carbons (Fsp3) is 0.600. The van der Waals surface area contributed by atoms with Crippen molar-refractivity contribution in [2.75, 3.05) is 0 Å². The summed E-state index contributed by atoms with van der Waals surface area (Å²) in [7, 11) is -4.60. The van der Waals surface area contributed by atoms with E-state index in [1.165, 1.54) is 6.04 Å². The van der Waals surface area contributed by atoms with Crippen LogP contribution in [-0.2, 0) is 0 Å². The molecule has 2 aromatic carbocycles. The fourth-order valence-corrected chi connectivity index (χ4v) is 36.2. The molecular formula is C30H50Si4. The van der Waals surface area contributed by atoms with Crippen molar-refractivity contribution >= 4 is 53.5 Å². The predicted molar refractivity (Wildman–Crippen MR) is 165 cm³/mol. The zero-order valence-corrected chi connectivity index (χ0v) is 28.1. The molecule has 2 radical (unpaired) electrons. The molecule has 3 rings (SSSR count). The van der Waals surface area contributed by atoms with E-state index < -0.39 is 23.3 Å². The molecule has 0 bridgehead atoms. The minimum Gasteiger partial charge on any atom is -0.0667 e. The quantitative estimate of drug-likeness (QED) is 0.390. The van der Waals surface area contributed by atoms with Crippen molar-refractivity contribution in [3.05, 3.63) is 48.5 Å². The van der Waals surface area contributed by atoms with Crippen LogP contribution >= 0.6 is 0 Å². The number of benzene rings is 2. The lowest BCUT2D eigenvalue weighted by molar-refractivity contribution is 0.470. The van der Waals surface area contributed by atoms with Crippen LogP contribution in [0.3, 0.4) is 0 Å². The Labute approximate surface area is 217 Å². The van der Waals surface area contributed by atoms with Crippen molar-refractivity contribution in [1.29, 1.82) is 0 Å². The summed E-state index contributed by atoms with van der Waals surface area (Å²) >= 11 is 0. The van der Waals surface area contributed by atoms with Gasteiger partial charge in [-0.1, -0.05) is 157 Å². The first-order chi connectivity index (χ1) is 15.7. The van der Waals surface area contributed by atoms with Crippen LogP contribution in [0.25, 0.3) is 0 Å². The molecule has 1 aliphatic heterocycles. The van der Waals surface area contributed by atoms with Crippen LogP contribution in [0.1, 0.15) is 62.3 Å². The second-order valence-corrected chi connectivity index (χ2v) is 34.5. The Kier molecular flexibility index (Phi) is 7.91. The average molecular weight is 523 g/mol. The Morgan fingerprint density at radius 2 is 1.09 bits per heavy atom. The van der Waals surface area contributed by atoms with Crippen molar-refractivity contribution in [2.45, 2.75) is 110 Å². The number of fused-ring (bicyclic) bond motifs is 2. The molecule has 4 atom stereocenters. The second-order valence-electron chi connectivity index (χ2n) is 13.3. The van der Waals surface area contributed by atoms with Crippen molar-refractivity contribution in [3.63, 3.8) is 0 Å². The van der Waals surface area contributed by atoms with E-state index in [-0.39, 0.29) is 0 Å². The van der Waals surface area contributed by atoms with Crippen molar-refractivity contribution in [2.24, 2.45) is 5.92 Å². The molecular weight excluding hydrogens is 473 g/mol. The summed E-state index contributed by atoms with van der Waals surface area (Å²) in [5, 5.41) is 7.50. The van der Waals surface area contributed by atoms with Crippen LogP contribution in [0.5, 0.6) is 0 Å². The van der Waals surface area contributed by atoms with Gasteiger partial charge in [0.25, 0.3) is 0 Å². The summed E-state index contributed by atoms with van der Waals surface area (Å²) in [6.45, 7) is 31.3. The molecule has 34 heavy (non-hydrogen) atoms. The maximum Gasteiger partial charge on any atom is 0.0872 e. The Balaban J connectivity index is 2.57. The molecule has 0 amide bonds. The van der Waals surface area contributed by atoms with Crippen LogP contribution in [0.4, 0.5) is 0 Å². The van der Waals surface area contributed by atoms with Crippen LogP contribution < -0.4 is 20.7 Å². The summed E-state index contributed by atoms with van der Waals surface area (Å²) in [6, 6.07) is 21.1. The first-order valence-electron chi connectivity index (χ1n) is 13.6. The molecule has 0 aromatic heterocycles. The fourth-order valence-electron chi connectivity index (χ4n) is 6.93. The highest BCUT2D eigenvalue weighted by Gasteiger charge is 2.58. The van der Waals surface area contributed by atoms with Gasteiger partial charge in [-0.2, -0.15) is 0 Å². The Hall–Kier alpha value is -0.692. The monoisotopic (exact) mass is 522 g/mol. The summed E-state index contributed by atoms with van der Waals surface area (Å²) < 4.78 is 0. The van der Waals surface area contributed by atoms with Crippen LogP contribution in [0.2, 0.25) is 47.3 Å². The number of hydrogen-bond donors (Lipinski definition) is 0. The number of rotatable bonds is 4. The van der Waals surface area contributed by atoms with E-state index in [2.05, 4.69) is 130 Å². The third-order valence-corrected chi connectivity index (χ3v) is 40.7. The standard InChI is InChI=1S/C30H50Si4/c1-22(2)30(9)21-32(10,23(3)4)28-19-15-16-20-29(28)34(12,25(7)8)33(11,24(5)6)27-18-14-13-17-26(27)31-30/h13-20,22-25H,21H2,1-12H3. The van der Waals surface area contributed by atoms with Gasteiger partial charge in [0, 0.05) is 0 Å². The third kappa shape index (κ3) is 4.14. The highest BCUT2D eigenvalue weighted by atomic mass is 29.3. The van der Waals surface area contributed by atoms with E-state index >= 15 is 0 Å². The topological polar surface area (TPSA) is 0 Å². The molecule has 4 unspecified atom stereocenters. The van der Waals surface area contributed by atoms with Gasteiger partial charge in [-0.3, -0.25) is 0 Å². The first-order valence-corrected chi connectivity index (χ1v) is 23.6. The summed E-state index contributed by atoms with van der Waals surface area (Å²) in [6.07, 6.45) is 0.